The van der Waals surface area contributed by atoms with Gasteiger partial charge >= 0.3 is 0 Å². The molecule has 1 N–H and O–H groups in total. The first-order chi connectivity index (χ1) is 11.9. The second-order valence-electron chi connectivity index (χ2n) is 7.30. The van der Waals surface area contributed by atoms with Gasteiger partial charge in [-0.3, -0.25) is 4.90 Å². The number of nitrogens with zero attached hydrogens (tertiary/aromatic N) is 1. The lowest BCUT2D eigenvalue weighted by molar-refractivity contribution is 0.158. The van der Waals surface area contributed by atoms with E-state index in [1.165, 1.54) is 47.5 Å². The minimum absolute atomic E-state index is 0.572. The number of nitrogens with one attached hydrogen (secondary N) is 1. The first kappa shape index (κ1) is 14.4. The molecule has 0 amide bonds. The number of hydrogen-bond donors (Lipinski definition) is 1. The fourth-order valence-corrected chi connectivity index (χ4v) is 4.46. The molecule has 5 rings (SSSR count). The Hall–Kier alpha value is -1.90. The van der Waals surface area contributed by atoms with Crippen LogP contribution >= 0.6 is 0 Å². The fourth-order valence-electron chi connectivity index (χ4n) is 4.46. The molecule has 2 fully saturated rings. The standard InChI is InChI=1S/C22H24N2/c1-3-7-19-17(5-1)15-18-6-2-4-8-20(18)21(19)22(16-9-10-16)24-13-11-23-12-14-24/h1-8,15-16,22-23H,9-14H2/t22-/m1/s1. The highest BCUT2D eigenvalue weighted by molar-refractivity contribution is 6.02. The highest BCUT2D eigenvalue weighted by atomic mass is 15.2. The van der Waals surface area contributed by atoms with Crippen molar-refractivity contribution in [3.63, 3.8) is 0 Å². The summed E-state index contributed by atoms with van der Waals surface area (Å²) in [4.78, 5) is 2.74. The van der Waals surface area contributed by atoms with Crippen LogP contribution in [0.2, 0.25) is 0 Å². The Balaban J connectivity index is 1.77. The lowest BCUT2D eigenvalue weighted by Gasteiger charge is -2.36. The van der Waals surface area contributed by atoms with E-state index in [9.17, 15) is 0 Å². The Morgan fingerprint density at radius 1 is 0.833 bits per heavy atom. The molecule has 0 radical (unpaired) electrons. The first-order valence-corrected chi connectivity index (χ1v) is 9.27. The highest BCUT2D eigenvalue weighted by Gasteiger charge is 2.38. The summed E-state index contributed by atoms with van der Waals surface area (Å²) in [6, 6.07) is 20.8. The van der Waals surface area contributed by atoms with Crippen LogP contribution in [0.4, 0.5) is 0 Å². The van der Waals surface area contributed by atoms with Crippen molar-refractivity contribution >= 4 is 21.5 Å². The van der Waals surface area contributed by atoms with Gasteiger partial charge in [0.05, 0.1) is 0 Å². The molecular weight excluding hydrogens is 292 g/mol. The topological polar surface area (TPSA) is 15.3 Å². The lowest BCUT2D eigenvalue weighted by Crippen LogP contribution is -2.45. The van der Waals surface area contributed by atoms with Crippen LogP contribution in [-0.2, 0) is 0 Å². The van der Waals surface area contributed by atoms with E-state index in [1.807, 2.05) is 0 Å². The van der Waals surface area contributed by atoms with Crippen molar-refractivity contribution in [3.05, 3.63) is 60.2 Å². The number of hydrogen-bond acceptors (Lipinski definition) is 2. The van der Waals surface area contributed by atoms with Gasteiger partial charge in [-0.2, -0.15) is 0 Å². The molecule has 0 spiro atoms. The molecule has 0 aromatic heterocycles. The number of benzene rings is 3. The summed E-state index contributed by atoms with van der Waals surface area (Å²) >= 11 is 0. The van der Waals surface area contributed by atoms with Crippen LogP contribution in [0.1, 0.15) is 24.4 Å². The third-order valence-corrected chi connectivity index (χ3v) is 5.72. The molecule has 24 heavy (non-hydrogen) atoms. The van der Waals surface area contributed by atoms with Crippen LogP contribution in [0.25, 0.3) is 21.5 Å². The lowest BCUT2D eigenvalue weighted by atomic mass is 9.89. The van der Waals surface area contributed by atoms with Crippen LogP contribution in [-0.4, -0.2) is 31.1 Å². The molecule has 0 bridgehead atoms. The van der Waals surface area contributed by atoms with Crippen LogP contribution in [0, 0.1) is 5.92 Å². The van der Waals surface area contributed by atoms with Gasteiger partial charge in [-0.05, 0) is 51.9 Å². The molecule has 3 aromatic rings. The van der Waals surface area contributed by atoms with Crippen molar-refractivity contribution in [2.24, 2.45) is 5.92 Å². The summed E-state index contributed by atoms with van der Waals surface area (Å²) < 4.78 is 0. The van der Waals surface area contributed by atoms with E-state index in [2.05, 4.69) is 64.8 Å². The summed E-state index contributed by atoms with van der Waals surface area (Å²) in [6.45, 7) is 4.56. The van der Waals surface area contributed by atoms with Gasteiger partial charge in [-0.1, -0.05) is 48.5 Å². The average Bonchev–Trinajstić information content (AvgIpc) is 3.47. The Labute approximate surface area is 143 Å². The van der Waals surface area contributed by atoms with Gasteiger partial charge < -0.3 is 5.32 Å². The summed E-state index contributed by atoms with van der Waals surface area (Å²) in [5.41, 5.74) is 1.58. The monoisotopic (exact) mass is 316 g/mol. The Bertz CT molecular complexity index is 821. The number of rotatable bonds is 3. The first-order valence-electron chi connectivity index (χ1n) is 9.27. The van der Waals surface area contributed by atoms with Crippen molar-refractivity contribution in [2.45, 2.75) is 18.9 Å². The maximum atomic E-state index is 3.51. The minimum atomic E-state index is 0.572. The minimum Gasteiger partial charge on any atom is -0.314 e. The van der Waals surface area contributed by atoms with Crippen LogP contribution in [0.15, 0.2) is 54.6 Å². The van der Waals surface area contributed by atoms with Gasteiger partial charge in [0, 0.05) is 32.2 Å². The van der Waals surface area contributed by atoms with Gasteiger partial charge in [0.1, 0.15) is 0 Å². The van der Waals surface area contributed by atoms with Crippen LogP contribution < -0.4 is 5.32 Å². The van der Waals surface area contributed by atoms with Gasteiger partial charge in [0.25, 0.3) is 0 Å². The molecule has 0 unspecified atom stereocenters. The summed E-state index contributed by atoms with van der Waals surface area (Å²) in [7, 11) is 0. The molecule has 122 valence electrons. The summed E-state index contributed by atoms with van der Waals surface area (Å²) in [5, 5.41) is 9.18. The number of piperazine rings is 1. The average molecular weight is 316 g/mol. The predicted octanol–water partition coefficient (Wildman–Crippen LogP) is 4.35. The zero-order chi connectivity index (χ0) is 15.9. The van der Waals surface area contributed by atoms with Gasteiger partial charge in [0.2, 0.25) is 0 Å². The van der Waals surface area contributed by atoms with Crippen LogP contribution in [0.3, 0.4) is 0 Å². The van der Waals surface area contributed by atoms with Gasteiger partial charge in [-0.15, -0.1) is 0 Å². The van der Waals surface area contributed by atoms with E-state index < -0.39 is 0 Å². The summed E-state index contributed by atoms with van der Waals surface area (Å²) in [5.74, 6) is 0.831. The normalized spacial score (nSPS) is 20.5. The third kappa shape index (κ3) is 2.42. The van der Waals surface area contributed by atoms with E-state index in [0.717, 1.165) is 19.0 Å². The molecular formula is C22H24N2. The van der Waals surface area contributed by atoms with Crippen molar-refractivity contribution in [2.75, 3.05) is 26.2 Å². The quantitative estimate of drug-likeness (QED) is 0.723. The maximum absolute atomic E-state index is 3.51. The number of fused-ring (bicyclic) bond motifs is 2. The molecule has 1 aliphatic heterocycles. The Morgan fingerprint density at radius 2 is 1.42 bits per heavy atom. The Morgan fingerprint density at radius 3 is 2.00 bits per heavy atom. The van der Waals surface area contributed by atoms with Crippen molar-refractivity contribution in [1.82, 2.24) is 10.2 Å². The maximum Gasteiger partial charge on any atom is 0.0389 e. The van der Waals surface area contributed by atoms with E-state index in [4.69, 9.17) is 0 Å². The van der Waals surface area contributed by atoms with E-state index in [1.54, 1.807) is 5.56 Å². The van der Waals surface area contributed by atoms with Crippen LogP contribution in [0.5, 0.6) is 0 Å². The zero-order valence-corrected chi connectivity index (χ0v) is 14.0. The molecule has 1 heterocycles. The second-order valence-corrected chi connectivity index (χ2v) is 7.30. The molecule has 1 atom stereocenters. The second kappa shape index (κ2) is 5.87. The molecule has 1 saturated carbocycles. The fraction of sp³-hybridized carbons (Fsp3) is 0.364. The predicted molar refractivity (Wildman–Crippen MR) is 101 cm³/mol. The smallest absolute Gasteiger partial charge is 0.0389 e. The molecule has 2 aliphatic rings. The van der Waals surface area contributed by atoms with Gasteiger partial charge in [0.15, 0.2) is 0 Å². The van der Waals surface area contributed by atoms with Crippen molar-refractivity contribution in [1.29, 1.82) is 0 Å². The van der Waals surface area contributed by atoms with E-state index in [0.29, 0.717) is 6.04 Å². The van der Waals surface area contributed by atoms with Crippen molar-refractivity contribution in [3.8, 4) is 0 Å². The molecule has 2 heteroatoms. The molecule has 1 saturated heterocycles. The SMILES string of the molecule is c1ccc2c([C@@H](C3CC3)N3CCNCC3)c3ccccc3cc2c1. The molecule has 2 nitrogen and oxygen atoms in total. The van der Waals surface area contributed by atoms with E-state index in [-0.39, 0.29) is 0 Å². The zero-order valence-electron chi connectivity index (χ0n) is 14.0. The molecule has 3 aromatic carbocycles. The van der Waals surface area contributed by atoms with Crippen molar-refractivity contribution < 1.29 is 0 Å². The van der Waals surface area contributed by atoms with Gasteiger partial charge in [-0.25, -0.2) is 0 Å². The third-order valence-electron chi connectivity index (χ3n) is 5.72. The largest absolute Gasteiger partial charge is 0.314 e. The highest BCUT2D eigenvalue weighted by Crippen LogP contribution is 2.48. The molecule has 1 aliphatic carbocycles. The summed E-state index contributed by atoms with van der Waals surface area (Å²) in [6.07, 6.45) is 2.76. The Kier molecular flexibility index (Phi) is 3.53. The van der Waals surface area contributed by atoms with E-state index >= 15 is 0 Å².